The average molecular weight is 259 g/mol. The van der Waals surface area contributed by atoms with Gasteiger partial charge in [0.15, 0.2) is 0 Å². The van der Waals surface area contributed by atoms with Crippen molar-refractivity contribution in [2.45, 2.75) is 31.5 Å². The van der Waals surface area contributed by atoms with E-state index in [4.69, 9.17) is 4.74 Å². The van der Waals surface area contributed by atoms with E-state index in [2.05, 4.69) is 27.8 Å². The lowest BCUT2D eigenvalue weighted by Gasteiger charge is -2.04. The van der Waals surface area contributed by atoms with Crippen LogP contribution < -0.4 is 5.32 Å². The molecule has 98 valence electrons. The molecule has 1 aromatic heterocycles. The second kappa shape index (κ2) is 9.38. The first-order chi connectivity index (χ1) is 8.38. The molecule has 0 unspecified atom stereocenters. The minimum Gasteiger partial charge on any atom is -0.381 e. The molecule has 17 heavy (non-hydrogen) atoms. The smallest absolute Gasteiger partial charge is 0.209 e. The predicted molar refractivity (Wildman–Crippen MR) is 68.2 cm³/mol. The molecule has 0 aliphatic carbocycles. The third kappa shape index (κ3) is 5.99. The Morgan fingerprint density at radius 2 is 2.29 bits per heavy atom. The van der Waals surface area contributed by atoms with Crippen molar-refractivity contribution in [1.29, 1.82) is 0 Å². The van der Waals surface area contributed by atoms with Crippen LogP contribution in [0.4, 0.5) is 0 Å². The number of ether oxygens (including phenoxy) is 1. The van der Waals surface area contributed by atoms with Crippen LogP contribution in [-0.4, -0.2) is 52.8 Å². The van der Waals surface area contributed by atoms with Crippen LogP contribution >= 0.6 is 11.8 Å². The average Bonchev–Trinajstić information content (AvgIpc) is 2.78. The van der Waals surface area contributed by atoms with E-state index in [-0.39, 0.29) is 0 Å². The van der Waals surface area contributed by atoms with Crippen molar-refractivity contribution in [3.05, 3.63) is 0 Å². The van der Waals surface area contributed by atoms with Gasteiger partial charge < -0.3 is 10.1 Å². The Bertz CT molecular complexity index is 294. The summed E-state index contributed by atoms with van der Waals surface area (Å²) in [5, 5.41) is 15.5. The molecule has 0 fully saturated rings. The van der Waals surface area contributed by atoms with E-state index in [1.807, 2.05) is 11.7 Å². The molecule has 1 rings (SSSR count). The van der Waals surface area contributed by atoms with Gasteiger partial charge in [-0.05, 0) is 23.9 Å². The minimum absolute atomic E-state index is 0.754. The van der Waals surface area contributed by atoms with Gasteiger partial charge >= 0.3 is 0 Å². The van der Waals surface area contributed by atoms with Gasteiger partial charge in [-0.1, -0.05) is 25.1 Å². The highest BCUT2D eigenvalue weighted by Gasteiger charge is 2.05. The van der Waals surface area contributed by atoms with E-state index in [9.17, 15) is 0 Å². The van der Waals surface area contributed by atoms with Crippen LogP contribution in [-0.2, 0) is 11.3 Å². The normalized spacial score (nSPS) is 10.9. The summed E-state index contributed by atoms with van der Waals surface area (Å²) in [7, 11) is 1.92. The Labute approximate surface area is 106 Å². The van der Waals surface area contributed by atoms with Gasteiger partial charge in [-0.2, -0.15) is 0 Å². The molecule has 7 heteroatoms. The fourth-order valence-corrected chi connectivity index (χ4v) is 1.95. The zero-order chi connectivity index (χ0) is 12.3. The zero-order valence-corrected chi connectivity index (χ0v) is 11.4. The molecular formula is C10H21N5OS. The predicted octanol–water partition coefficient (Wildman–Crippen LogP) is 0.801. The highest BCUT2D eigenvalue weighted by molar-refractivity contribution is 7.99. The Hall–Kier alpha value is -0.660. The standard InChI is InChI=1S/C10H21N5OS/c1-3-4-7-16-8-9-17-10-12-13-14-15(10)6-5-11-2/h11H,3-9H2,1-2H3. The first-order valence-corrected chi connectivity index (χ1v) is 6.98. The van der Waals surface area contributed by atoms with E-state index in [1.165, 1.54) is 6.42 Å². The van der Waals surface area contributed by atoms with Crippen LogP contribution in [0.15, 0.2) is 5.16 Å². The van der Waals surface area contributed by atoms with Crippen molar-refractivity contribution in [2.75, 3.05) is 32.6 Å². The fraction of sp³-hybridized carbons (Fsp3) is 0.900. The summed E-state index contributed by atoms with van der Waals surface area (Å²) in [6.45, 7) is 5.42. The summed E-state index contributed by atoms with van der Waals surface area (Å²) >= 11 is 1.64. The minimum atomic E-state index is 0.754. The summed E-state index contributed by atoms with van der Waals surface area (Å²) in [6, 6.07) is 0. The number of hydrogen-bond acceptors (Lipinski definition) is 6. The molecule has 0 atom stereocenters. The molecule has 1 N–H and O–H groups in total. The number of aromatic nitrogens is 4. The van der Waals surface area contributed by atoms with Crippen LogP contribution in [0.3, 0.4) is 0 Å². The third-order valence-electron chi connectivity index (χ3n) is 2.17. The molecule has 0 saturated carbocycles. The van der Waals surface area contributed by atoms with Gasteiger partial charge in [0, 0.05) is 18.9 Å². The van der Waals surface area contributed by atoms with Gasteiger partial charge in [0.25, 0.3) is 0 Å². The first-order valence-electron chi connectivity index (χ1n) is 5.99. The molecule has 0 saturated heterocycles. The van der Waals surface area contributed by atoms with Crippen molar-refractivity contribution in [3.63, 3.8) is 0 Å². The van der Waals surface area contributed by atoms with Gasteiger partial charge in [-0.15, -0.1) is 5.10 Å². The fourth-order valence-electron chi connectivity index (χ4n) is 1.20. The number of thioether (sulfide) groups is 1. The topological polar surface area (TPSA) is 64.9 Å². The number of nitrogens with one attached hydrogen (secondary N) is 1. The largest absolute Gasteiger partial charge is 0.381 e. The number of likely N-dealkylation sites (N-methyl/N-ethyl adjacent to an activating group) is 1. The maximum atomic E-state index is 5.48. The van der Waals surface area contributed by atoms with E-state index in [0.29, 0.717) is 0 Å². The second-order valence-corrected chi connectivity index (χ2v) is 4.66. The Kier molecular flexibility index (Phi) is 7.94. The lowest BCUT2D eigenvalue weighted by Crippen LogP contribution is -2.16. The third-order valence-corrected chi connectivity index (χ3v) is 3.10. The maximum absolute atomic E-state index is 5.48. The number of nitrogens with zero attached hydrogens (tertiary/aromatic N) is 4. The van der Waals surface area contributed by atoms with Crippen LogP contribution in [0.1, 0.15) is 19.8 Å². The molecule has 1 aromatic rings. The Morgan fingerprint density at radius 1 is 1.41 bits per heavy atom. The van der Waals surface area contributed by atoms with Gasteiger partial charge in [-0.3, -0.25) is 0 Å². The van der Waals surface area contributed by atoms with Crippen LogP contribution in [0, 0.1) is 0 Å². The van der Waals surface area contributed by atoms with E-state index in [1.54, 1.807) is 11.8 Å². The molecule has 0 aromatic carbocycles. The summed E-state index contributed by atoms with van der Waals surface area (Å²) < 4.78 is 7.30. The van der Waals surface area contributed by atoms with E-state index < -0.39 is 0 Å². The Balaban J connectivity index is 2.15. The number of tetrazole rings is 1. The van der Waals surface area contributed by atoms with Crippen molar-refractivity contribution in [1.82, 2.24) is 25.5 Å². The van der Waals surface area contributed by atoms with Gasteiger partial charge in [0.2, 0.25) is 5.16 Å². The summed E-state index contributed by atoms with van der Waals surface area (Å²) in [6.07, 6.45) is 2.31. The molecular weight excluding hydrogens is 238 g/mol. The van der Waals surface area contributed by atoms with Crippen LogP contribution in [0.5, 0.6) is 0 Å². The monoisotopic (exact) mass is 259 g/mol. The van der Waals surface area contributed by atoms with E-state index in [0.717, 1.165) is 43.6 Å². The summed E-state index contributed by atoms with van der Waals surface area (Å²) in [4.78, 5) is 0. The molecule has 0 bridgehead atoms. The summed E-state index contributed by atoms with van der Waals surface area (Å²) in [5.41, 5.74) is 0. The molecule has 0 radical (unpaired) electrons. The van der Waals surface area contributed by atoms with Crippen molar-refractivity contribution < 1.29 is 4.74 Å². The Morgan fingerprint density at radius 3 is 3.06 bits per heavy atom. The maximum Gasteiger partial charge on any atom is 0.209 e. The van der Waals surface area contributed by atoms with Gasteiger partial charge in [-0.25, -0.2) is 4.68 Å². The van der Waals surface area contributed by atoms with Crippen LogP contribution in [0.2, 0.25) is 0 Å². The van der Waals surface area contributed by atoms with E-state index >= 15 is 0 Å². The molecule has 1 heterocycles. The lowest BCUT2D eigenvalue weighted by atomic mass is 10.4. The quantitative estimate of drug-likeness (QED) is 0.495. The van der Waals surface area contributed by atoms with Gasteiger partial charge in [0.1, 0.15) is 0 Å². The molecule has 0 aliphatic heterocycles. The van der Waals surface area contributed by atoms with Crippen molar-refractivity contribution >= 4 is 11.8 Å². The number of hydrogen-bond donors (Lipinski definition) is 1. The second-order valence-electron chi connectivity index (χ2n) is 3.60. The van der Waals surface area contributed by atoms with Gasteiger partial charge in [0.05, 0.1) is 13.2 Å². The summed E-state index contributed by atoms with van der Waals surface area (Å²) in [5.74, 6) is 0.893. The molecule has 0 aliphatic rings. The lowest BCUT2D eigenvalue weighted by molar-refractivity contribution is 0.147. The van der Waals surface area contributed by atoms with Crippen LogP contribution in [0.25, 0.3) is 0 Å². The molecule has 6 nitrogen and oxygen atoms in total. The SMILES string of the molecule is CCCCOCCSc1nnnn1CCNC. The first kappa shape index (κ1) is 14.4. The molecule has 0 spiro atoms. The van der Waals surface area contributed by atoms with Crippen molar-refractivity contribution in [3.8, 4) is 0 Å². The highest BCUT2D eigenvalue weighted by atomic mass is 32.2. The van der Waals surface area contributed by atoms with Crippen molar-refractivity contribution in [2.24, 2.45) is 0 Å². The zero-order valence-electron chi connectivity index (χ0n) is 10.6. The highest BCUT2D eigenvalue weighted by Crippen LogP contribution is 2.12. The number of unbranched alkanes of at least 4 members (excludes halogenated alkanes) is 1. The molecule has 0 amide bonds. The number of rotatable bonds is 10.